The number of amides is 1. The van der Waals surface area contributed by atoms with Gasteiger partial charge in [0, 0.05) is 19.5 Å². The topological polar surface area (TPSA) is 74.7 Å². The minimum atomic E-state index is -2.93. The third kappa shape index (κ3) is 4.94. The summed E-state index contributed by atoms with van der Waals surface area (Å²) in [6.07, 6.45) is 0.845. The summed E-state index contributed by atoms with van der Waals surface area (Å²) in [5, 5.41) is 9.72. The molecule has 0 bridgehead atoms. The molecular formula is C12H23NO4S. The molecule has 0 saturated carbocycles. The zero-order chi connectivity index (χ0) is 14.0. The number of likely N-dealkylation sites (N-methyl/N-ethyl adjacent to an activating group) is 1. The number of hydrogen-bond acceptors (Lipinski definition) is 4. The fourth-order valence-electron chi connectivity index (χ4n) is 2.25. The molecule has 1 aliphatic heterocycles. The molecule has 5 nitrogen and oxygen atoms in total. The van der Waals surface area contributed by atoms with Gasteiger partial charge < -0.3 is 10.0 Å². The van der Waals surface area contributed by atoms with Gasteiger partial charge >= 0.3 is 0 Å². The Bertz CT molecular complexity index is 397. The number of sulfone groups is 1. The molecule has 1 rings (SSSR count). The number of carbonyl (C=O) groups excluding carboxylic acids is 1. The van der Waals surface area contributed by atoms with Crippen LogP contribution in [0, 0.1) is 5.92 Å². The number of nitrogens with zero attached hydrogens (tertiary/aromatic N) is 1. The molecule has 0 aromatic carbocycles. The molecule has 18 heavy (non-hydrogen) atoms. The molecule has 106 valence electrons. The van der Waals surface area contributed by atoms with Crippen molar-refractivity contribution in [1.82, 2.24) is 4.90 Å². The Balaban J connectivity index is 2.53. The van der Waals surface area contributed by atoms with Gasteiger partial charge in [0.1, 0.15) is 0 Å². The van der Waals surface area contributed by atoms with Crippen LogP contribution in [-0.2, 0) is 14.6 Å². The van der Waals surface area contributed by atoms with E-state index in [-0.39, 0.29) is 36.3 Å². The van der Waals surface area contributed by atoms with Gasteiger partial charge in [0.15, 0.2) is 9.84 Å². The fraction of sp³-hybridized carbons (Fsp3) is 0.917. The van der Waals surface area contributed by atoms with Gasteiger partial charge in [-0.3, -0.25) is 4.79 Å². The average Bonchev–Trinajstić information content (AvgIpc) is 2.53. The van der Waals surface area contributed by atoms with Crippen molar-refractivity contribution >= 4 is 15.7 Å². The summed E-state index contributed by atoms with van der Waals surface area (Å²) in [7, 11) is -2.93. The van der Waals surface area contributed by atoms with Crippen molar-refractivity contribution < 1.29 is 18.3 Å². The second kappa shape index (κ2) is 5.57. The first-order valence-electron chi connectivity index (χ1n) is 6.33. The molecule has 1 amide bonds. The van der Waals surface area contributed by atoms with Crippen molar-refractivity contribution in [1.29, 1.82) is 0 Å². The van der Waals surface area contributed by atoms with Crippen molar-refractivity contribution in [2.45, 2.75) is 39.2 Å². The van der Waals surface area contributed by atoms with E-state index in [1.807, 2.05) is 6.92 Å². The van der Waals surface area contributed by atoms with Crippen LogP contribution in [0.2, 0.25) is 0 Å². The van der Waals surface area contributed by atoms with Crippen LogP contribution in [0.3, 0.4) is 0 Å². The highest BCUT2D eigenvalue weighted by molar-refractivity contribution is 7.91. The number of aliphatic hydroxyl groups is 1. The van der Waals surface area contributed by atoms with E-state index in [0.717, 1.165) is 0 Å². The third-order valence-corrected chi connectivity index (χ3v) is 4.94. The zero-order valence-corrected chi connectivity index (χ0v) is 12.2. The van der Waals surface area contributed by atoms with Gasteiger partial charge in [0.05, 0.1) is 17.1 Å². The van der Waals surface area contributed by atoms with Crippen LogP contribution in [0.25, 0.3) is 0 Å². The first kappa shape index (κ1) is 15.4. The van der Waals surface area contributed by atoms with Gasteiger partial charge in [0.25, 0.3) is 0 Å². The van der Waals surface area contributed by atoms with E-state index in [1.165, 1.54) is 0 Å². The predicted molar refractivity (Wildman–Crippen MR) is 69.9 cm³/mol. The molecule has 1 unspecified atom stereocenters. The molecule has 0 aromatic rings. The zero-order valence-electron chi connectivity index (χ0n) is 11.3. The SMILES string of the molecule is CCN(CC(C)(C)O)C(=O)CC1CCS(=O)(=O)C1. The molecule has 1 aliphatic rings. The molecule has 0 aliphatic carbocycles. The van der Waals surface area contributed by atoms with Crippen molar-refractivity contribution in [3.63, 3.8) is 0 Å². The Morgan fingerprint density at radius 2 is 2.06 bits per heavy atom. The van der Waals surface area contributed by atoms with E-state index in [9.17, 15) is 18.3 Å². The lowest BCUT2D eigenvalue weighted by Crippen LogP contribution is -2.42. The maximum Gasteiger partial charge on any atom is 0.222 e. The first-order valence-corrected chi connectivity index (χ1v) is 8.15. The van der Waals surface area contributed by atoms with E-state index >= 15 is 0 Å². The highest BCUT2D eigenvalue weighted by Crippen LogP contribution is 2.22. The summed E-state index contributed by atoms with van der Waals surface area (Å²) in [6, 6.07) is 0. The Hall–Kier alpha value is -0.620. The summed E-state index contributed by atoms with van der Waals surface area (Å²) in [4.78, 5) is 13.6. The lowest BCUT2D eigenvalue weighted by Gasteiger charge is -2.28. The molecular weight excluding hydrogens is 254 g/mol. The fourth-order valence-corrected chi connectivity index (χ4v) is 4.11. The van der Waals surface area contributed by atoms with Crippen LogP contribution < -0.4 is 0 Å². The normalized spacial score (nSPS) is 23.0. The Morgan fingerprint density at radius 3 is 2.44 bits per heavy atom. The highest BCUT2D eigenvalue weighted by atomic mass is 32.2. The lowest BCUT2D eigenvalue weighted by atomic mass is 10.0. The molecule has 1 atom stereocenters. The maximum atomic E-state index is 12.0. The highest BCUT2D eigenvalue weighted by Gasteiger charge is 2.31. The first-order chi connectivity index (χ1) is 8.13. The summed E-state index contributed by atoms with van der Waals surface area (Å²) in [6.45, 7) is 5.98. The van der Waals surface area contributed by atoms with Gasteiger partial charge in [-0.2, -0.15) is 0 Å². The summed E-state index contributed by atoms with van der Waals surface area (Å²) in [5.74, 6) is 0.196. The Morgan fingerprint density at radius 1 is 1.44 bits per heavy atom. The van der Waals surface area contributed by atoms with Gasteiger partial charge in [-0.05, 0) is 33.1 Å². The van der Waals surface area contributed by atoms with Crippen LogP contribution in [0.15, 0.2) is 0 Å². The monoisotopic (exact) mass is 277 g/mol. The molecule has 1 heterocycles. The summed E-state index contributed by atoms with van der Waals surface area (Å²) < 4.78 is 22.7. The molecule has 0 radical (unpaired) electrons. The lowest BCUT2D eigenvalue weighted by molar-refractivity contribution is -0.134. The predicted octanol–water partition coefficient (Wildman–Crippen LogP) is 0.431. The van der Waals surface area contributed by atoms with Crippen LogP contribution in [0.4, 0.5) is 0 Å². The van der Waals surface area contributed by atoms with E-state index in [0.29, 0.717) is 13.0 Å². The Labute approximate surface area is 109 Å². The number of rotatable bonds is 5. The minimum absolute atomic E-state index is 0.0571. The minimum Gasteiger partial charge on any atom is -0.389 e. The standard InChI is InChI=1S/C12H23NO4S/c1-4-13(9-12(2,3)15)11(14)7-10-5-6-18(16,17)8-10/h10,15H,4-9H2,1-3H3. The number of carbonyl (C=O) groups is 1. The van der Waals surface area contributed by atoms with Crippen LogP contribution in [-0.4, -0.2) is 54.5 Å². The van der Waals surface area contributed by atoms with E-state index in [4.69, 9.17) is 0 Å². The van der Waals surface area contributed by atoms with Gasteiger partial charge in [0.2, 0.25) is 5.91 Å². The van der Waals surface area contributed by atoms with Crippen LogP contribution in [0.5, 0.6) is 0 Å². The van der Waals surface area contributed by atoms with Gasteiger partial charge in [-0.25, -0.2) is 8.42 Å². The van der Waals surface area contributed by atoms with E-state index in [1.54, 1.807) is 18.7 Å². The number of hydrogen-bond donors (Lipinski definition) is 1. The van der Waals surface area contributed by atoms with Crippen molar-refractivity contribution in [3.8, 4) is 0 Å². The second-order valence-corrected chi connectivity index (χ2v) is 7.92. The molecule has 1 fully saturated rings. The van der Waals surface area contributed by atoms with Crippen molar-refractivity contribution in [2.24, 2.45) is 5.92 Å². The largest absolute Gasteiger partial charge is 0.389 e. The smallest absolute Gasteiger partial charge is 0.222 e. The van der Waals surface area contributed by atoms with Gasteiger partial charge in [-0.15, -0.1) is 0 Å². The second-order valence-electron chi connectivity index (χ2n) is 5.69. The quantitative estimate of drug-likeness (QED) is 0.791. The van der Waals surface area contributed by atoms with Gasteiger partial charge in [-0.1, -0.05) is 0 Å². The summed E-state index contributed by atoms with van der Waals surface area (Å²) >= 11 is 0. The molecule has 6 heteroatoms. The molecule has 1 saturated heterocycles. The van der Waals surface area contributed by atoms with Crippen molar-refractivity contribution in [2.75, 3.05) is 24.6 Å². The Kier molecular flexibility index (Phi) is 4.78. The van der Waals surface area contributed by atoms with Crippen LogP contribution in [0.1, 0.15) is 33.6 Å². The maximum absolute atomic E-state index is 12.0. The summed E-state index contributed by atoms with van der Waals surface area (Å²) in [5.41, 5.74) is -0.923. The van der Waals surface area contributed by atoms with E-state index in [2.05, 4.69) is 0 Å². The van der Waals surface area contributed by atoms with E-state index < -0.39 is 15.4 Å². The average molecular weight is 277 g/mol. The molecule has 1 N–H and O–H groups in total. The van der Waals surface area contributed by atoms with Crippen LogP contribution >= 0.6 is 0 Å². The third-order valence-electron chi connectivity index (χ3n) is 3.10. The molecule has 0 spiro atoms. The molecule has 0 aromatic heterocycles. The van der Waals surface area contributed by atoms with Crippen molar-refractivity contribution in [3.05, 3.63) is 0 Å².